The molecule has 0 saturated carbocycles. The second-order valence-electron chi connectivity index (χ2n) is 8.04. The summed E-state index contributed by atoms with van der Waals surface area (Å²) in [6, 6.07) is -0.120. The molecule has 2 amide bonds. The van der Waals surface area contributed by atoms with Gasteiger partial charge in [-0.2, -0.15) is 0 Å². The van der Waals surface area contributed by atoms with Gasteiger partial charge in [0.25, 0.3) is 0 Å². The lowest BCUT2D eigenvalue weighted by Crippen LogP contribution is -2.34. The molecule has 0 unspecified atom stereocenters. The van der Waals surface area contributed by atoms with E-state index in [0.717, 1.165) is 76.0 Å². The number of aromatic nitrogens is 1. The molecule has 144 valence electrons. The zero-order valence-electron chi connectivity index (χ0n) is 15.4. The standard InChI is InChI=1S/C19H30N4O2S/c24-17(21-10-4-14-2-8-20-9-3-14)23-18-22-15-1-5-19(13-16(15)26-18)6-11-25-12-7-19/h14,20H,1-13H2,(H2,21,22,23,24). The number of hydrogen-bond donors (Lipinski definition) is 3. The first-order valence-electron chi connectivity index (χ1n) is 10.0. The number of aryl methyl sites for hydroxylation is 1. The molecule has 1 spiro atoms. The Bertz CT molecular complexity index is 621. The summed E-state index contributed by atoms with van der Waals surface area (Å²) in [6.45, 7) is 4.73. The molecule has 0 bridgehead atoms. The smallest absolute Gasteiger partial charge is 0.321 e. The van der Waals surface area contributed by atoms with Crippen LogP contribution in [0.1, 0.15) is 49.1 Å². The molecule has 3 heterocycles. The van der Waals surface area contributed by atoms with Crippen LogP contribution < -0.4 is 16.0 Å². The van der Waals surface area contributed by atoms with Crippen LogP contribution in [0.4, 0.5) is 9.93 Å². The van der Waals surface area contributed by atoms with Gasteiger partial charge in [-0.05, 0) is 75.8 Å². The minimum atomic E-state index is -0.120. The number of amides is 2. The van der Waals surface area contributed by atoms with E-state index in [-0.39, 0.29) is 6.03 Å². The van der Waals surface area contributed by atoms with E-state index in [1.54, 1.807) is 11.3 Å². The third-order valence-corrected chi connectivity index (χ3v) is 7.29. The number of urea groups is 1. The molecule has 0 aromatic carbocycles. The summed E-state index contributed by atoms with van der Waals surface area (Å²) in [5, 5.41) is 10.1. The van der Waals surface area contributed by atoms with Crippen LogP contribution in [0.15, 0.2) is 0 Å². The van der Waals surface area contributed by atoms with Crippen LogP contribution in [0.3, 0.4) is 0 Å². The Morgan fingerprint density at radius 1 is 1.27 bits per heavy atom. The van der Waals surface area contributed by atoms with Crippen molar-refractivity contribution in [3.8, 4) is 0 Å². The first-order chi connectivity index (χ1) is 12.7. The van der Waals surface area contributed by atoms with Gasteiger partial charge in [-0.15, -0.1) is 11.3 Å². The number of thiazole rings is 1. The number of fused-ring (bicyclic) bond motifs is 1. The van der Waals surface area contributed by atoms with E-state index >= 15 is 0 Å². The molecule has 7 heteroatoms. The Morgan fingerprint density at radius 3 is 2.88 bits per heavy atom. The van der Waals surface area contributed by atoms with Crippen molar-refractivity contribution in [2.24, 2.45) is 11.3 Å². The summed E-state index contributed by atoms with van der Waals surface area (Å²) in [5.74, 6) is 0.736. The van der Waals surface area contributed by atoms with Crippen LogP contribution in [0.25, 0.3) is 0 Å². The molecule has 4 rings (SSSR count). The lowest BCUT2D eigenvalue weighted by molar-refractivity contribution is 0.00784. The second-order valence-corrected chi connectivity index (χ2v) is 9.12. The van der Waals surface area contributed by atoms with Crippen LogP contribution in [0.5, 0.6) is 0 Å². The molecule has 3 N–H and O–H groups in total. The number of rotatable bonds is 4. The highest BCUT2D eigenvalue weighted by Crippen LogP contribution is 2.45. The third kappa shape index (κ3) is 4.38. The fourth-order valence-corrected chi connectivity index (χ4v) is 5.69. The van der Waals surface area contributed by atoms with Crippen molar-refractivity contribution in [3.05, 3.63) is 10.6 Å². The summed E-state index contributed by atoms with van der Waals surface area (Å²) < 4.78 is 5.54. The molecule has 1 aromatic heterocycles. The monoisotopic (exact) mass is 378 g/mol. The maximum absolute atomic E-state index is 12.2. The maximum Gasteiger partial charge on any atom is 0.321 e. The van der Waals surface area contributed by atoms with Gasteiger partial charge in [0.15, 0.2) is 5.13 Å². The molecular formula is C19H30N4O2S. The summed E-state index contributed by atoms with van der Waals surface area (Å²) >= 11 is 1.66. The highest BCUT2D eigenvalue weighted by atomic mass is 32.1. The van der Waals surface area contributed by atoms with Crippen molar-refractivity contribution in [1.29, 1.82) is 0 Å². The minimum absolute atomic E-state index is 0.120. The predicted molar refractivity (Wildman–Crippen MR) is 104 cm³/mol. The van der Waals surface area contributed by atoms with Crippen molar-refractivity contribution >= 4 is 22.5 Å². The van der Waals surface area contributed by atoms with Crippen LogP contribution in [-0.2, 0) is 17.6 Å². The molecule has 2 saturated heterocycles. The Labute approximate surface area is 159 Å². The van der Waals surface area contributed by atoms with E-state index in [1.807, 2.05) is 0 Å². The molecule has 0 atom stereocenters. The molecule has 2 aliphatic heterocycles. The largest absolute Gasteiger partial charge is 0.381 e. The fraction of sp³-hybridized carbons (Fsp3) is 0.789. The summed E-state index contributed by atoms with van der Waals surface area (Å²) in [5.41, 5.74) is 1.60. The van der Waals surface area contributed by atoms with E-state index in [1.165, 1.54) is 29.8 Å². The van der Waals surface area contributed by atoms with E-state index < -0.39 is 0 Å². The van der Waals surface area contributed by atoms with Crippen molar-refractivity contribution < 1.29 is 9.53 Å². The number of hydrogen-bond acceptors (Lipinski definition) is 5. The number of carbonyl (C=O) groups is 1. The van der Waals surface area contributed by atoms with Crippen LogP contribution in [-0.4, -0.2) is 43.9 Å². The zero-order valence-corrected chi connectivity index (χ0v) is 16.3. The zero-order chi connectivity index (χ0) is 17.8. The number of ether oxygens (including phenoxy) is 1. The van der Waals surface area contributed by atoms with Gasteiger partial charge in [-0.3, -0.25) is 5.32 Å². The minimum Gasteiger partial charge on any atom is -0.381 e. The topological polar surface area (TPSA) is 75.3 Å². The van der Waals surface area contributed by atoms with Crippen molar-refractivity contribution in [1.82, 2.24) is 15.6 Å². The number of nitrogens with one attached hydrogen (secondary N) is 3. The molecule has 2 fully saturated rings. The average molecular weight is 379 g/mol. The van der Waals surface area contributed by atoms with E-state index in [2.05, 4.69) is 20.9 Å². The predicted octanol–water partition coefficient (Wildman–Crippen LogP) is 2.94. The molecule has 1 aliphatic carbocycles. The summed E-state index contributed by atoms with van der Waals surface area (Å²) in [4.78, 5) is 18.2. The van der Waals surface area contributed by atoms with Gasteiger partial charge >= 0.3 is 6.03 Å². The normalized spacial score (nSPS) is 22.8. The number of piperidine rings is 1. The highest BCUT2D eigenvalue weighted by molar-refractivity contribution is 7.15. The number of anilines is 1. The fourth-order valence-electron chi connectivity index (χ4n) is 4.52. The SMILES string of the molecule is O=C(NCCC1CCNCC1)Nc1nc2c(s1)CC1(CCOCC1)CC2. The van der Waals surface area contributed by atoms with E-state index in [0.29, 0.717) is 5.41 Å². The Hall–Kier alpha value is -1.18. The maximum atomic E-state index is 12.2. The van der Waals surface area contributed by atoms with Gasteiger partial charge in [-0.1, -0.05) is 0 Å². The lowest BCUT2D eigenvalue weighted by Gasteiger charge is -2.39. The first kappa shape index (κ1) is 18.2. The van der Waals surface area contributed by atoms with Gasteiger partial charge in [0.2, 0.25) is 0 Å². The van der Waals surface area contributed by atoms with Gasteiger partial charge in [-0.25, -0.2) is 9.78 Å². The van der Waals surface area contributed by atoms with Gasteiger partial charge < -0.3 is 15.4 Å². The molecular weight excluding hydrogens is 348 g/mol. The Balaban J connectivity index is 1.26. The summed E-state index contributed by atoms with van der Waals surface area (Å²) in [7, 11) is 0. The average Bonchev–Trinajstić information content (AvgIpc) is 3.04. The van der Waals surface area contributed by atoms with Crippen LogP contribution in [0.2, 0.25) is 0 Å². The molecule has 1 aromatic rings. The van der Waals surface area contributed by atoms with Gasteiger partial charge in [0, 0.05) is 24.6 Å². The molecule has 26 heavy (non-hydrogen) atoms. The molecule has 6 nitrogen and oxygen atoms in total. The molecule has 3 aliphatic rings. The Kier molecular flexibility index (Phi) is 5.76. The highest BCUT2D eigenvalue weighted by Gasteiger charge is 2.37. The van der Waals surface area contributed by atoms with Crippen molar-refractivity contribution in [2.75, 3.05) is 38.2 Å². The first-order valence-corrected chi connectivity index (χ1v) is 10.9. The lowest BCUT2D eigenvalue weighted by atomic mass is 9.70. The quantitative estimate of drug-likeness (QED) is 0.753. The van der Waals surface area contributed by atoms with E-state index in [9.17, 15) is 4.79 Å². The van der Waals surface area contributed by atoms with Gasteiger partial charge in [0.1, 0.15) is 0 Å². The summed E-state index contributed by atoms with van der Waals surface area (Å²) in [6.07, 6.45) is 9.15. The van der Waals surface area contributed by atoms with Gasteiger partial charge in [0.05, 0.1) is 5.69 Å². The van der Waals surface area contributed by atoms with E-state index in [4.69, 9.17) is 4.74 Å². The van der Waals surface area contributed by atoms with Crippen LogP contribution in [0, 0.1) is 11.3 Å². The van der Waals surface area contributed by atoms with Crippen LogP contribution >= 0.6 is 11.3 Å². The number of nitrogens with zero attached hydrogens (tertiary/aromatic N) is 1. The van der Waals surface area contributed by atoms with Crippen molar-refractivity contribution in [2.45, 2.75) is 51.4 Å². The third-order valence-electron chi connectivity index (χ3n) is 6.28. The van der Waals surface area contributed by atoms with Crippen molar-refractivity contribution in [3.63, 3.8) is 0 Å². The number of carbonyl (C=O) groups excluding carboxylic acids is 1. The second kappa shape index (κ2) is 8.23. The molecule has 0 radical (unpaired) electrons. The Morgan fingerprint density at radius 2 is 2.08 bits per heavy atom.